The summed E-state index contributed by atoms with van der Waals surface area (Å²) in [5.74, 6) is -1.05. The average Bonchev–Trinajstić information content (AvgIpc) is 2.44. The van der Waals surface area contributed by atoms with Crippen molar-refractivity contribution in [1.29, 1.82) is 0 Å². The van der Waals surface area contributed by atoms with Crippen LogP contribution in [0.2, 0.25) is 0 Å². The monoisotopic (exact) mass is 307 g/mol. The lowest BCUT2D eigenvalue weighted by atomic mass is 10.4. The molecule has 0 saturated carbocycles. The Morgan fingerprint density at radius 3 is 2.20 bits per heavy atom. The lowest BCUT2D eigenvalue weighted by Gasteiger charge is -2.25. The number of esters is 2. The molecule has 0 spiro atoms. The fraction of sp³-hybridized carbons (Fsp3) is 0.692. The Morgan fingerprint density at radius 2 is 1.65 bits per heavy atom. The van der Waals surface area contributed by atoms with Crippen LogP contribution in [-0.4, -0.2) is 62.9 Å². The summed E-state index contributed by atoms with van der Waals surface area (Å²) >= 11 is 0. The number of morpholine rings is 1. The molecule has 0 aromatic rings. The van der Waals surface area contributed by atoms with E-state index in [4.69, 9.17) is 14.2 Å². The van der Waals surface area contributed by atoms with Crippen molar-refractivity contribution in [3.63, 3.8) is 0 Å². The molecule has 0 unspecified atom stereocenters. The second-order valence-corrected chi connectivity index (χ2v) is 4.12. The Bertz CT molecular complexity index is 316. The minimum atomic E-state index is -0.526. The molecule has 0 radical (unpaired) electrons. The number of nitrogens with zero attached hydrogens (tertiary/aromatic N) is 1. The molecule has 1 saturated heterocycles. The number of carbonyl (C=O) groups excluding carboxylic acids is 2. The van der Waals surface area contributed by atoms with Crippen LogP contribution in [-0.2, 0) is 23.8 Å². The second-order valence-electron chi connectivity index (χ2n) is 4.12. The molecule has 1 heterocycles. The van der Waals surface area contributed by atoms with Gasteiger partial charge in [-0.25, -0.2) is 9.59 Å². The SMILES string of the molecule is CCCOC(=O)/C=C/C(=O)OCCN1CCOCC1.Cl. The van der Waals surface area contributed by atoms with E-state index in [1.165, 1.54) is 0 Å². The first-order chi connectivity index (χ1) is 9.22. The quantitative estimate of drug-likeness (QED) is 0.512. The second kappa shape index (κ2) is 11.7. The fourth-order valence-electron chi connectivity index (χ4n) is 1.54. The third-order valence-electron chi connectivity index (χ3n) is 2.56. The highest BCUT2D eigenvalue weighted by molar-refractivity contribution is 5.91. The normalized spacial score (nSPS) is 15.7. The first-order valence-electron chi connectivity index (χ1n) is 6.54. The molecule has 0 N–H and O–H groups in total. The van der Waals surface area contributed by atoms with Gasteiger partial charge < -0.3 is 14.2 Å². The number of hydrogen-bond donors (Lipinski definition) is 0. The van der Waals surface area contributed by atoms with E-state index in [9.17, 15) is 9.59 Å². The van der Waals surface area contributed by atoms with E-state index in [0.717, 1.165) is 44.9 Å². The highest BCUT2D eigenvalue weighted by atomic mass is 35.5. The molecule has 7 heteroatoms. The van der Waals surface area contributed by atoms with E-state index < -0.39 is 11.9 Å². The van der Waals surface area contributed by atoms with Crippen molar-refractivity contribution in [2.45, 2.75) is 13.3 Å². The van der Waals surface area contributed by atoms with Gasteiger partial charge in [-0.1, -0.05) is 6.92 Å². The fourth-order valence-corrected chi connectivity index (χ4v) is 1.54. The lowest BCUT2D eigenvalue weighted by molar-refractivity contribution is -0.140. The Balaban J connectivity index is 0.00000361. The summed E-state index contributed by atoms with van der Waals surface area (Å²) < 4.78 is 15.0. The largest absolute Gasteiger partial charge is 0.463 e. The summed E-state index contributed by atoms with van der Waals surface area (Å²) in [4.78, 5) is 24.6. The molecule has 1 aliphatic heterocycles. The van der Waals surface area contributed by atoms with Gasteiger partial charge in [0.05, 0.1) is 19.8 Å². The van der Waals surface area contributed by atoms with Gasteiger partial charge in [-0.3, -0.25) is 4.90 Å². The maximum Gasteiger partial charge on any atom is 0.331 e. The van der Waals surface area contributed by atoms with Gasteiger partial charge in [-0.05, 0) is 6.42 Å². The minimum absolute atomic E-state index is 0. The zero-order valence-corrected chi connectivity index (χ0v) is 12.5. The van der Waals surface area contributed by atoms with Crippen molar-refractivity contribution in [2.75, 3.05) is 46.1 Å². The molecule has 0 aromatic heterocycles. The van der Waals surface area contributed by atoms with Crippen molar-refractivity contribution in [1.82, 2.24) is 4.90 Å². The summed E-state index contributed by atoms with van der Waals surface area (Å²) in [5.41, 5.74) is 0. The zero-order chi connectivity index (χ0) is 13.9. The van der Waals surface area contributed by atoms with Crippen LogP contribution in [0.3, 0.4) is 0 Å². The van der Waals surface area contributed by atoms with Gasteiger partial charge in [0, 0.05) is 31.8 Å². The Labute approximate surface area is 125 Å². The number of carbonyl (C=O) groups is 2. The molecule has 6 nitrogen and oxygen atoms in total. The summed E-state index contributed by atoms with van der Waals surface area (Å²) in [5, 5.41) is 0. The van der Waals surface area contributed by atoms with Crippen molar-refractivity contribution in [2.24, 2.45) is 0 Å². The van der Waals surface area contributed by atoms with Gasteiger partial charge in [-0.2, -0.15) is 0 Å². The maximum absolute atomic E-state index is 11.3. The average molecular weight is 308 g/mol. The molecule has 20 heavy (non-hydrogen) atoms. The highest BCUT2D eigenvalue weighted by Gasteiger charge is 2.10. The predicted octanol–water partition coefficient (Wildman–Crippen LogP) is 0.793. The van der Waals surface area contributed by atoms with Gasteiger partial charge in [0.2, 0.25) is 0 Å². The smallest absolute Gasteiger partial charge is 0.331 e. The van der Waals surface area contributed by atoms with Crippen LogP contribution in [0.1, 0.15) is 13.3 Å². The van der Waals surface area contributed by atoms with Crippen LogP contribution in [0, 0.1) is 0 Å². The van der Waals surface area contributed by atoms with E-state index >= 15 is 0 Å². The molecule has 1 rings (SSSR count). The van der Waals surface area contributed by atoms with Crippen LogP contribution in [0.4, 0.5) is 0 Å². The Kier molecular flexibility index (Phi) is 11.0. The summed E-state index contributed by atoms with van der Waals surface area (Å²) in [6, 6.07) is 0. The Morgan fingerprint density at radius 1 is 1.10 bits per heavy atom. The van der Waals surface area contributed by atoms with E-state index in [1.807, 2.05) is 6.92 Å². The summed E-state index contributed by atoms with van der Waals surface area (Å²) in [7, 11) is 0. The third-order valence-corrected chi connectivity index (χ3v) is 2.56. The molecular formula is C13H22ClNO5. The molecular weight excluding hydrogens is 286 g/mol. The summed E-state index contributed by atoms with van der Waals surface area (Å²) in [6.07, 6.45) is 2.94. The van der Waals surface area contributed by atoms with Crippen molar-refractivity contribution in [3.8, 4) is 0 Å². The van der Waals surface area contributed by atoms with Crippen LogP contribution in [0.25, 0.3) is 0 Å². The van der Waals surface area contributed by atoms with Crippen molar-refractivity contribution in [3.05, 3.63) is 12.2 Å². The van der Waals surface area contributed by atoms with Crippen LogP contribution in [0.15, 0.2) is 12.2 Å². The van der Waals surface area contributed by atoms with Crippen LogP contribution >= 0.6 is 12.4 Å². The highest BCUT2D eigenvalue weighted by Crippen LogP contribution is 1.96. The molecule has 0 aromatic carbocycles. The van der Waals surface area contributed by atoms with E-state index in [2.05, 4.69) is 4.90 Å². The zero-order valence-electron chi connectivity index (χ0n) is 11.7. The predicted molar refractivity (Wildman–Crippen MR) is 75.9 cm³/mol. The molecule has 1 fully saturated rings. The van der Waals surface area contributed by atoms with Crippen molar-refractivity contribution >= 4 is 24.3 Å². The third kappa shape index (κ3) is 8.90. The van der Waals surface area contributed by atoms with Gasteiger partial charge in [0.25, 0.3) is 0 Å². The molecule has 116 valence electrons. The number of rotatable bonds is 7. The lowest BCUT2D eigenvalue weighted by Crippen LogP contribution is -2.38. The van der Waals surface area contributed by atoms with Gasteiger partial charge >= 0.3 is 11.9 Å². The van der Waals surface area contributed by atoms with Crippen molar-refractivity contribution < 1.29 is 23.8 Å². The molecule has 0 bridgehead atoms. The standard InChI is InChI=1S/C13H21NO5.ClH/c1-2-8-18-12(15)3-4-13(16)19-11-7-14-5-9-17-10-6-14;/h3-4H,2,5-11H2,1H3;1H/b4-3+;. The van der Waals surface area contributed by atoms with E-state index in [1.54, 1.807) is 0 Å². The maximum atomic E-state index is 11.3. The molecule has 0 amide bonds. The number of hydrogen-bond acceptors (Lipinski definition) is 6. The summed E-state index contributed by atoms with van der Waals surface area (Å²) in [6.45, 7) is 6.41. The molecule has 0 atom stereocenters. The van der Waals surface area contributed by atoms with Gasteiger partial charge in [0.15, 0.2) is 0 Å². The van der Waals surface area contributed by atoms with Gasteiger partial charge in [-0.15, -0.1) is 12.4 Å². The van der Waals surface area contributed by atoms with E-state index in [-0.39, 0.29) is 12.4 Å². The molecule has 0 aliphatic carbocycles. The number of ether oxygens (including phenoxy) is 3. The topological polar surface area (TPSA) is 65.1 Å². The number of halogens is 1. The first-order valence-corrected chi connectivity index (χ1v) is 6.54. The Hall–Kier alpha value is -1.11. The van der Waals surface area contributed by atoms with Crippen LogP contribution in [0.5, 0.6) is 0 Å². The molecule has 1 aliphatic rings. The van der Waals surface area contributed by atoms with Crippen LogP contribution < -0.4 is 0 Å². The van der Waals surface area contributed by atoms with Gasteiger partial charge in [0.1, 0.15) is 6.61 Å². The minimum Gasteiger partial charge on any atom is -0.463 e. The first kappa shape index (κ1) is 18.9. The van der Waals surface area contributed by atoms with E-state index in [0.29, 0.717) is 19.8 Å².